The summed E-state index contributed by atoms with van der Waals surface area (Å²) in [5.74, 6) is -0.370. The molecule has 1 unspecified atom stereocenters. The Morgan fingerprint density at radius 3 is 2.67 bits per heavy atom. The fraction of sp³-hybridized carbons (Fsp3) is 0.611. The zero-order valence-corrected chi connectivity index (χ0v) is 16.5. The maximum Gasteiger partial charge on any atom is 0.337 e. The number of benzene rings is 1. The van der Waals surface area contributed by atoms with Gasteiger partial charge in [-0.25, -0.2) is 13.2 Å². The molecule has 27 heavy (non-hydrogen) atoms. The van der Waals surface area contributed by atoms with Gasteiger partial charge < -0.3 is 14.2 Å². The van der Waals surface area contributed by atoms with Crippen molar-refractivity contribution >= 4 is 16.0 Å². The highest BCUT2D eigenvalue weighted by molar-refractivity contribution is 7.89. The van der Waals surface area contributed by atoms with E-state index in [9.17, 15) is 13.2 Å². The van der Waals surface area contributed by atoms with Crippen molar-refractivity contribution < 1.29 is 27.4 Å². The molecule has 2 saturated heterocycles. The topological polar surface area (TPSA) is 85.4 Å². The highest BCUT2D eigenvalue weighted by Crippen LogP contribution is 2.29. The lowest BCUT2D eigenvalue weighted by Crippen LogP contribution is -2.39. The lowest BCUT2D eigenvalue weighted by molar-refractivity contribution is 0.0600. The summed E-state index contributed by atoms with van der Waals surface area (Å²) in [7, 11) is -1.12. The Balaban J connectivity index is 1.83. The van der Waals surface area contributed by atoms with Crippen LogP contribution in [0.25, 0.3) is 0 Å². The molecule has 1 atom stereocenters. The molecular formula is C18H26N2O6S. The van der Waals surface area contributed by atoms with Crippen LogP contribution in [0.2, 0.25) is 0 Å². The van der Waals surface area contributed by atoms with E-state index in [-0.39, 0.29) is 16.2 Å². The normalized spacial score (nSPS) is 22.4. The van der Waals surface area contributed by atoms with E-state index in [0.717, 1.165) is 26.0 Å². The van der Waals surface area contributed by atoms with Crippen LogP contribution in [0.4, 0.5) is 0 Å². The first kappa shape index (κ1) is 20.1. The lowest BCUT2D eigenvalue weighted by atomic mass is 10.2. The Kier molecular flexibility index (Phi) is 6.36. The fourth-order valence-corrected chi connectivity index (χ4v) is 5.24. The summed E-state index contributed by atoms with van der Waals surface area (Å²) in [6, 6.07) is 4.67. The van der Waals surface area contributed by atoms with E-state index in [0.29, 0.717) is 32.3 Å². The Labute approximate surface area is 160 Å². The predicted molar refractivity (Wildman–Crippen MR) is 98.5 cm³/mol. The molecule has 2 aliphatic rings. The number of ether oxygens (including phenoxy) is 3. The quantitative estimate of drug-likeness (QED) is 0.683. The van der Waals surface area contributed by atoms with Crippen LogP contribution in [0, 0.1) is 0 Å². The minimum Gasteiger partial charge on any atom is -0.495 e. The highest BCUT2D eigenvalue weighted by atomic mass is 32.2. The molecule has 1 aromatic carbocycles. The van der Waals surface area contributed by atoms with Crippen LogP contribution in [-0.4, -0.2) is 83.2 Å². The summed E-state index contributed by atoms with van der Waals surface area (Å²) < 4.78 is 43.4. The number of carbonyl (C=O) groups excluding carboxylic acids is 1. The second-order valence-corrected chi connectivity index (χ2v) is 8.57. The first-order valence-corrected chi connectivity index (χ1v) is 10.5. The maximum atomic E-state index is 13.3. The summed E-state index contributed by atoms with van der Waals surface area (Å²) in [4.78, 5) is 14.1. The van der Waals surface area contributed by atoms with E-state index in [1.54, 1.807) is 0 Å². The molecule has 0 radical (unpaired) electrons. The van der Waals surface area contributed by atoms with Crippen molar-refractivity contribution in [2.45, 2.75) is 23.8 Å². The van der Waals surface area contributed by atoms with Gasteiger partial charge in [-0.2, -0.15) is 4.31 Å². The number of nitrogens with zero attached hydrogens (tertiary/aromatic N) is 2. The lowest BCUT2D eigenvalue weighted by Gasteiger charge is -2.26. The first-order chi connectivity index (χ1) is 13.0. The molecule has 3 rings (SSSR count). The Morgan fingerprint density at radius 1 is 1.19 bits per heavy atom. The van der Waals surface area contributed by atoms with Crippen LogP contribution in [0.1, 0.15) is 23.2 Å². The van der Waals surface area contributed by atoms with Gasteiger partial charge in [0, 0.05) is 32.3 Å². The van der Waals surface area contributed by atoms with Crippen LogP contribution in [0.3, 0.4) is 0 Å². The number of carbonyl (C=O) groups is 1. The Bertz CT molecular complexity index is 776. The smallest absolute Gasteiger partial charge is 0.337 e. The third-order valence-corrected chi connectivity index (χ3v) is 7.03. The van der Waals surface area contributed by atoms with E-state index in [2.05, 4.69) is 4.90 Å². The molecule has 0 N–H and O–H groups in total. The van der Waals surface area contributed by atoms with Crippen LogP contribution in [0.15, 0.2) is 23.1 Å². The van der Waals surface area contributed by atoms with Crippen LogP contribution in [0.5, 0.6) is 5.75 Å². The van der Waals surface area contributed by atoms with Crippen molar-refractivity contribution in [1.82, 2.24) is 9.21 Å². The van der Waals surface area contributed by atoms with E-state index >= 15 is 0 Å². The van der Waals surface area contributed by atoms with Crippen molar-refractivity contribution in [3.63, 3.8) is 0 Å². The predicted octanol–water partition coefficient (Wildman–Crippen LogP) is 0.967. The van der Waals surface area contributed by atoms with Gasteiger partial charge in [-0.3, -0.25) is 4.90 Å². The van der Waals surface area contributed by atoms with Crippen molar-refractivity contribution in [3.8, 4) is 5.75 Å². The van der Waals surface area contributed by atoms with E-state index < -0.39 is 16.0 Å². The van der Waals surface area contributed by atoms with Crippen molar-refractivity contribution in [2.24, 2.45) is 0 Å². The molecule has 9 heteroatoms. The van der Waals surface area contributed by atoms with Gasteiger partial charge in [0.05, 0.1) is 26.4 Å². The highest BCUT2D eigenvalue weighted by Gasteiger charge is 2.32. The number of methoxy groups -OCH3 is 2. The average molecular weight is 398 g/mol. The molecule has 2 heterocycles. The molecule has 0 amide bonds. The summed E-state index contributed by atoms with van der Waals surface area (Å²) >= 11 is 0. The number of hydrogen-bond donors (Lipinski definition) is 0. The summed E-state index contributed by atoms with van der Waals surface area (Å²) in [6.45, 7) is 3.80. The molecule has 0 bridgehead atoms. The second-order valence-electron chi connectivity index (χ2n) is 6.67. The standard InChI is InChI=1S/C18H26N2O6S/c1-24-16-5-4-14(18(21)25-2)12-17(16)27(22,23)20-8-3-7-19(9-10-20)15-6-11-26-13-15/h4-5,12,15H,3,6-11,13H2,1-2H3. The van der Waals surface area contributed by atoms with Gasteiger partial charge in [-0.15, -0.1) is 0 Å². The number of esters is 1. The third-order valence-electron chi connectivity index (χ3n) is 5.11. The molecule has 0 spiro atoms. The number of rotatable bonds is 5. The van der Waals surface area contributed by atoms with Crippen molar-refractivity contribution in [3.05, 3.63) is 23.8 Å². The minimum absolute atomic E-state index is 0.00875. The zero-order valence-electron chi connectivity index (χ0n) is 15.7. The molecular weight excluding hydrogens is 372 g/mol. The van der Waals surface area contributed by atoms with Crippen LogP contribution >= 0.6 is 0 Å². The maximum absolute atomic E-state index is 13.3. The average Bonchev–Trinajstić information content (AvgIpc) is 3.10. The molecule has 0 aromatic heterocycles. The third kappa shape index (κ3) is 4.26. The van der Waals surface area contributed by atoms with Gasteiger partial charge in [0.15, 0.2) is 0 Å². The molecule has 0 saturated carbocycles. The molecule has 2 aliphatic heterocycles. The van der Waals surface area contributed by atoms with E-state index in [1.807, 2.05) is 0 Å². The minimum atomic E-state index is -3.80. The molecule has 1 aromatic rings. The van der Waals surface area contributed by atoms with Crippen molar-refractivity contribution in [1.29, 1.82) is 0 Å². The van der Waals surface area contributed by atoms with Gasteiger partial charge in [0.1, 0.15) is 10.6 Å². The largest absolute Gasteiger partial charge is 0.495 e. The van der Waals surface area contributed by atoms with Crippen LogP contribution < -0.4 is 4.74 Å². The molecule has 150 valence electrons. The number of sulfonamides is 1. The SMILES string of the molecule is COC(=O)c1ccc(OC)c(S(=O)(=O)N2CCCN(C3CCOC3)CC2)c1. The van der Waals surface area contributed by atoms with Gasteiger partial charge in [-0.1, -0.05) is 0 Å². The summed E-state index contributed by atoms with van der Waals surface area (Å²) in [6.07, 6.45) is 1.73. The molecule has 8 nitrogen and oxygen atoms in total. The fourth-order valence-electron chi connectivity index (χ4n) is 3.59. The molecule has 2 fully saturated rings. The monoisotopic (exact) mass is 398 g/mol. The van der Waals surface area contributed by atoms with Crippen molar-refractivity contribution in [2.75, 3.05) is 53.6 Å². The first-order valence-electron chi connectivity index (χ1n) is 9.05. The number of hydrogen-bond acceptors (Lipinski definition) is 7. The van der Waals surface area contributed by atoms with Gasteiger partial charge in [0.2, 0.25) is 10.0 Å². The van der Waals surface area contributed by atoms with Gasteiger partial charge in [-0.05, 0) is 37.6 Å². The summed E-state index contributed by atoms with van der Waals surface area (Å²) in [5.41, 5.74) is 0.177. The van der Waals surface area contributed by atoms with Gasteiger partial charge >= 0.3 is 5.97 Å². The second kappa shape index (κ2) is 8.55. The summed E-state index contributed by atoms with van der Waals surface area (Å²) in [5, 5.41) is 0. The Hall–Kier alpha value is -1.68. The van der Waals surface area contributed by atoms with E-state index in [1.165, 1.54) is 36.7 Å². The zero-order chi connectivity index (χ0) is 19.4. The van der Waals surface area contributed by atoms with Gasteiger partial charge in [0.25, 0.3) is 0 Å². The Morgan fingerprint density at radius 2 is 2.00 bits per heavy atom. The van der Waals surface area contributed by atoms with Crippen LogP contribution in [-0.2, 0) is 19.5 Å². The van der Waals surface area contributed by atoms with E-state index in [4.69, 9.17) is 14.2 Å². The molecule has 0 aliphatic carbocycles.